The molecule has 0 atom stereocenters. The third-order valence-corrected chi connectivity index (χ3v) is 2.70. The highest BCUT2D eigenvalue weighted by atomic mass is 16.5. The summed E-state index contributed by atoms with van der Waals surface area (Å²) in [6.07, 6.45) is 0.316. The number of carbonyl (C=O) groups excluding carboxylic acids is 1. The van der Waals surface area contributed by atoms with Gasteiger partial charge in [-0.15, -0.1) is 0 Å². The van der Waals surface area contributed by atoms with Crippen molar-refractivity contribution in [2.45, 2.75) is 39.8 Å². The summed E-state index contributed by atoms with van der Waals surface area (Å²) >= 11 is 0. The first-order chi connectivity index (χ1) is 10.0. The molecule has 0 aliphatic rings. The van der Waals surface area contributed by atoms with Gasteiger partial charge in [0, 0.05) is 12.5 Å². The van der Waals surface area contributed by atoms with E-state index < -0.39 is 0 Å². The van der Waals surface area contributed by atoms with Gasteiger partial charge in [-0.1, -0.05) is 23.4 Å². The first-order valence-corrected chi connectivity index (χ1v) is 6.85. The lowest BCUT2D eigenvalue weighted by Crippen LogP contribution is -2.25. The maximum Gasteiger partial charge on any atom is 0.224 e. The van der Waals surface area contributed by atoms with Crippen LogP contribution in [0.25, 0.3) is 0 Å². The van der Waals surface area contributed by atoms with Crippen molar-refractivity contribution in [2.75, 3.05) is 0 Å². The van der Waals surface area contributed by atoms with E-state index in [4.69, 9.17) is 9.26 Å². The molecule has 1 aromatic carbocycles. The monoisotopic (exact) mass is 289 g/mol. The fraction of sp³-hybridized carbons (Fsp3) is 0.400. The molecule has 6 heteroatoms. The Balaban J connectivity index is 1.93. The molecular formula is C15H19N3O3. The molecule has 6 nitrogen and oxygen atoms in total. The number of hydrogen-bond donors (Lipinski definition) is 1. The predicted octanol–water partition coefficient (Wildman–Crippen LogP) is 2.02. The minimum atomic E-state index is -0.114. The van der Waals surface area contributed by atoms with Crippen molar-refractivity contribution in [1.29, 1.82) is 0 Å². The van der Waals surface area contributed by atoms with Crippen LogP contribution in [-0.4, -0.2) is 22.2 Å². The number of nitrogens with one attached hydrogen (secondary N) is 1. The van der Waals surface area contributed by atoms with E-state index in [1.165, 1.54) is 0 Å². The number of aryl methyl sites for hydroxylation is 1. The SMILES string of the molecule is Cc1nc(CNC(=O)Cc2ccccc2OC(C)C)no1. The zero-order valence-electron chi connectivity index (χ0n) is 12.4. The predicted molar refractivity (Wildman–Crippen MR) is 76.8 cm³/mol. The summed E-state index contributed by atoms with van der Waals surface area (Å²) < 4.78 is 10.5. The third-order valence-electron chi connectivity index (χ3n) is 2.70. The average Bonchev–Trinajstić information content (AvgIpc) is 2.84. The Morgan fingerprint density at radius 2 is 2.14 bits per heavy atom. The maximum absolute atomic E-state index is 12.0. The van der Waals surface area contributed by atoms with Gasteiger partial charge in [-0.25, -0.2) is 0 Å². The molecule has 112 valence electrons. The van der Waals surface area contributed by atoms with Crippen molar-refractivity contribution in [3.05, 3.63) is 41.5 Å². The number of nitrogens with zero attached hydrogens (tertiary/aromatic N) is 2. The van der Waals surface area contributed by atoms with Gasteiger partial charge in [0.1, 0.15) is 5.75 Å². The molecule has 0 fully saturated rings. The first kappa shape index (κ1) is 15.0. The van der Waals surface area contributed by atoms with Crippen molar-refractivity contribution in [3.63, 3.8) is 0 Å². The Morgan fingerprint density at radius 1 is 1.38 bits per heavy atom. The van der Waals surface area contributed by atoms with Gasteiger partial charge in [0.25, 0.3) is 0 Å². The number of hydrogen-bond acceptors (Lipinski definition) is 5. The van der Waals surface area contributed by atoms with Gasteiger partial charge in [0.2, 0.25) is 11.8 Å². The summed E-state index contributed by atoms with van der Waals surface area (Å²) in [6.45, 7) is 5.87. The van der Waals surface area contributed by atoms with E-state index in [2.05, 4.69) is 15.5 Å². The quantitative estimate of drug-likeness (QED) is 0.880. The Morgan fingerprint density at radius 3 is 2.81 bits per heavy atom. The van der Waals surface area contributed by atoms with Crippen LogP contribution in [0.3, 0.4) is 0 Å². The van der Waals surface area contributed by atoms with Crippen LogP contribution in [0, 0.1) is 6.92 Å². The molecule has 0 saturated carbocycles. The minimum absolute atomic E-state index is 0.0662. The molecule has 0 saturated heterocycles. The van der Waals surface area contributed by atoms with E-state index in [9.17, 15) is 4.79 Å². The molecule has 0 aliphatic carbocycles. The molecule has 1 heterocycles. The summed E-state index contributed by atoms with van der Waals surface area (Å²) in [5.74, 6) is 1.57. The molecule has 2 aromatic rings. The zero-order valence-corrected chi connectivity index (χ0v) is 12.4. The second-order valence-electron chi connectivity index (χ2n) is 4.96. The number of benzene rings is 1. The van der Waals surface area contributed by atoms with E-state index in [0.29, 0.717) is 11.7 Å². The van der Waals surface area contributed by atoms with Crippen molar-refractivity contribution in [3.8, 4) is 5.75 Å². The fourth-order valence-electron chi connectivity index (χ4n) is 1.85. The molecule has 1 amide bonds. The summed E-state index contributed by atoms with van der Waals surface area (Å²) in [5, 5.41) is 6.49. The van der Waals surface area contributed by atoms with Gasteiger partial charge in [-0.3, -0.25) is 4.79 Å². The van der Waals surface area contributed by atoms with Crippen LogP contribution in [0.15, 0.2) is 28.8 Å². The standard InChI is InChI=1S/C15H19N3O3/c1-10(2)20-13-7-5-4-6-12(13)8-15(19)16-9-14-17-11(3)21-18-14/h4-7,10H,8-9H2,1-3H3,(H,16,19). The van der Waals surface area contributed by atoms with E-state index in [-0.39, 0.29) is 25.0 Å². The van der Waals surface area contributed by atoms with Gasteiger partial charge < -0.3 is 14.6 Å². The summed E-state index contributed by atoms with van der Waals surface area (Å²) in [5.41, 5.74) is 0.855. The molecule has 1 N–H and O–H groups in total. The lowest BCUT2D eigenvalue weighted by Gasteiger charge is -2.13. The Hall–Kier alpha value is -2.37. The number of aromatic nitrogens is 2. The number of carbonyl (C=O) groups is 1. The highest BCUT2D eigenvalue weighted by Crippen LogP contribution is 2.19. The Kier molecular flexibility index (Phi) is 4.92. The van der Waals surface area contributed by atoms with Crippen LogP contribution in [-0.2, 0) is 17.8 Å². The van der Waals surface area contributed by atoms with Gasteiger partial charge in [-0.05, 0) is 19.9 Å². The molecule has 0 spiro atoms. The first-order valence-electron chi connectivity index (χ1n) is 6.85. The summed E-state index contributed by atoms with van der Waals surface area (Å²) in [6, 6.07) is 7.53. The second kappa shape index (κ2) is 6.88. The van der Waals surface area contributed by atoms with Crippen molar-refractivity contribution in [2.24, 2.45) is 0 Å². The summed E-state index contributed by atoms with van der Waals surface area (Å²) in [4.78, 5) is 16.0. The van der Waals surface area contributed by atoms with Gasteiger partial charge in [0.05, 0.1) is 19.1 Å². The number of ether oxygens (including phenoxy) is 1. The molecule has 0 aliphatic heterocycles. The molecule has 21 heavy (non-hydrogen) atoms. The largest absolute Gasteiger partial charge is 0.491 e. The smallest absolute Gasteiger partial charge is 0.224 e. The van der Waals surface area contributed by atoms with Crippen molar-refractivity contribution >= 4 is 5.91 Å². The number of amides is 1. The number of rotatable bonds is 6. The Bertz CT molecular complexity index is 608. The average molecular weight is 289 g/mol. The third kappa shape index (κ3) is 4.59. The molecule has 1 aromatic heterocycles. The van der Waals surface area contributed by atoms with Crippen molar-refractivity contribution in [1.82, 2.24) is 15.5 Å². The minimum Gasteiger partial charge on any atom is -0.491 e. The molecule has 0 unspecified atom stereocenters. The van der Waals surface area contributed by atoms with E-state index >= 15 is 0 Å². The Labute approximate surface area is 123 Å². The highest BCUT2D eigenvalue weighted by Gasteiger charge is 2.11. The molecule has 0 radical (unpaired) electrons. The normalized spacial score (nSPS) is 10.7. The van der Waals surface area contributed by atoms with Crippen molar-refractivity contribution < 1.29 is 14.1 Å². The molecule has 2 rings (SSSR count). The lowest BCUT2D eigenvalue weighted by molar-refractivity contribution is -0.120. The zero-order chi connectivity index (χ0) is 15.2. The van der Waals surface area contributed by atoms with Crippen LogP contribution in [0.5, 0.6) is 5.75 Å². The molecular weight excluding hydrogens is 270 g/mol. The van der Waals surface area contributed by atoms with E-state index in [1.807, 2.05) is 38.1 Å². The topological polar surface area (TPSA) is 77.2 Å². The van der Waals surface area contributed by atoms with Crippen LogP contribution in [0.2, 0.25) is 0 Å². The highest BCUT2D eigenvalue weighted by molar-refractivity contribution is 5.79. The van der Waals surface area contributed by atoms with Crippen LogP contribution < -0.4 is 10.1 Å². The second-order valence-corrected chi connectivity index (χ2v) is 4.96. The number of para-hydroxylation sites is 1. The van der Waals surface area contributed by atoms with Gasteiger partial charge in [0.15, 0.2) is 5.82 Å². The van der Waals surface area contributed by atoms with E-state index in [1.54, 1.807) is 6.92 Å². The van der Waals surface area contributed by atoms with E-state index in [0.717, 1.165) is 11.3 Å². The van der Waals surface area contributed by atoms with Crippen LogP contribution in [0.1, 0.15) is 31.1 Å². The van der Waals surface area contributed by atoms with Gasteiger partial charge >= 0.3 is 0 Å². The van der Waals surface area contributed by atoms with Crippen LogP contribution in [0.4, 0.5) is 0 Å². The van der Waals surface area contributed by atoms with Gasteiger partial charge in [-0.2, -0.15) is 4.98 Å². The fourth-order valence-corrected chi connectivity index (χ4v) is 1.85. The summed E-state index contributed by atoms with van der Waals surface area (Å²) in [7, 11) is 0. The molecule has 0 bridgehead atoms. The van der Waals surface area contributed by atoms with Crippen LogP contribution >= 0.6 is 0 Å². The lowest BCUT2D eigenvalue weighted by atomic mass is 10.1. The maximum atomic E-state index is 12.0.